The summed E-state index contributed by atoms with van der Waals surface area (Å²) in [6, 6.07) is 11.5. The maximum absolute atomic E-state index is 12.4. The van der Waals surface area contributed by atoms with E-state index in [2.05, 4.69) is 10.6 Å². The minimum Gasteiger partial charge on any atom is -0.352 e. The summed E-state index contributed by atoms with van der Waals surface area (Å²) >= 11 is 0. The van der Waals surface area contributed by atoms with Crippen molar-refractivity contribution in [2.24, 2.45) is 5.14 Å². The van der Waals surface area contributed by atoms with Gasteiger partial charge in [0.2, 0.25) is 15.9 Å². The van der Waals surface area contributed by atoms with Crippen LogP contribution in [0.3, 0.4) is 0 Å². The van der Waals surface area contributed by atoms with Crippen molar-refractivity contribution < 1.29 is 18.0 Å². The normalized spacial score (nSPS) is 14.0. The van der Waals surface area contributed by atoms with E-state index in [1.54, 1.807) is 24.3 Å². The fraction of sp³-hybridized carbons (Fsp3) is 0.263. The summed E-state index contributed by atoms with van der Waals surface area (Å²) in [6.45, 7) is 0.418. The predicted molar refractivity (Wildman–Crippen MR) is 102 cm³/mol. The SMILES string of the molecule is NS(=O)(=O)c1ccc(CCNC(=O)c2ccc3c(c2)CCCC(=O)N3)cc1. The summed E-state index contributed by atoms with van der Waals surface area (Å²) in [7, 11) is -3.70. The molecule has 1 heterocycles. The lowest BCUT2D eigenvalue weighted by molar-refractivity contribution is -0.116. The molecule has 142 valence electrons. The number of carbonyl (C=O) groups excluding carboxylic acids is 2. The Morgan fingerprint density at radius 2 is 1.85 bits per heavy atom. The van der Waals surface area contributed by atoms with Gasteiger partial charge in [0.05, 0.1) is 4.90 Å². The first kappa shape index (κ1) is 19.1. The standard InChI is InChI=1S/C19H21N3O4S/c20-27(25,26)16-7-4-13(5-8-16)10-11-21-19(24)15-6-9-17-14(12-15)2-1-3-18(23)22-17/h4-9,12H,1-3,10-11H2,(H,21,24)(H,22,23)(H2,20,25,26). The van der Waals surface area contributed by atoms with Gasteiger partial charge in [0.15, 0.2) is 0 Å². The molecule has 0 aromatic heterocycles. The van der Waals surface area contributed by atoms with Crippen molar-refractivity contribution in [2.75, 3.05) is 11.9 Å². The number of amides is 2. The van der Waals surface area contributed by atoms with Crippen LogP contribution in [0, 0.1) is 0 Å². The Kier molecular flexibility index (Phi) is 5.57. The molecule has 3 rings (SSSR count). The highest BCUT2D eigenvalue weighted by molar-refractivity contribution is 7.89. The lowest BCUT2D eigenvalue weighted by Crippen LogP contribution is -2.25. The van der Waals surface area contributed by atoms with Gasteiger partial charge in [0.25, 0.3) is 5.91 Å². The van der Waals surface area contributed by atoms with Crippen molar-refractivity contribution in [3.05, 3.63) is 59.2 Å². The average molecular weight is 387 g/mol. The fourth-order valence-electron chi connectivity index (χ4n) is 2.98. The van der Waals surface area contributed by atoms with Crippen molar-refractivity contribution in [1.29, 1.82) is 0 Å². The van der Waals surface area contributed by atoms with Crippen LogP contribution < -0.4 is 15.8 Å². The minimum atomic E-state index is -3.70. The average Bonchev–Trinajstić information content (AvgIpc) is 2.81. The summed E-state index contributed by atoms with van der Waals surface area (Å²) in [6.07, 6.45) is 2.57. The zero-order valence-electron chi connectivity index (χ0n) is 14.7. The molecule has 0 saturated carbocycles. The van der Waals surface area contributed by atoms with Gasteiger partial charge < -0.3 is 10.6 Å². The molecule has 0 spiro atoms. The van der Waals surface area contributed by atoms with Gasteiger partial charge in [-0.2, -0.15) is 0 Å². The molecule has 0 aliphatic carbocycles. The predicted octanol–water partition coefficient (Wildman–Crippen LogP) is 1.58. The van der Waals surface area contributed by atoms with Crippen molar-refractivity contribution in [1.82, 2.24) is 5.32 Å². The van der Waals surface area contributed by atoms with Gasteiger partial charge in [-0.25, -0.2) is 13.6 Å². The van der Waals surface area contributed by atoms with E-state index >= 15 is 0 Å². The molecular formula is C19H21N3O4S. The third-order valence-corrected chi connectivity index (χ3v) is 5.37. The highest BCUT2D eigenvalue weighted by Crippen LogP contribution is 2.23. The minimum absolute atomic E-state index is 0.000550. The van der Waals surface area contributed by atoms with E-state index in [9.17, 15) is 18.0 Å². The maximum Gasteiger partial charge on any atom is 0.251 e. The summed E-state index contributed by atoms with van der Waals surface area (Å²) in [5, 5.41) is 10.8. The molecule has 0 fully saturated rings. The molecule has 0 unspecified atom stereocenters. The van der Waals surface area contributed by atoms with Gasteiger partial charge in [0.1, 0.15) is 0 Å². The number of aryl methyl sites for hydroxylation is 1. The Morgan fingerprint density at radius 3 is 2.56 bits per heavy atom. The van der Waals surface area contributed by atoms with E-state index in [-0.39, 0.29) is 16.7 Å². The van der Waals surface area contributed by atoms with Crippen molar-refractivity contribution in [2.45, 2.75) is 30.6 Å². The van der Waals surface area contributed by atoms with Crippen LogP contribution in [-0.2, 0) is 27.7 Å². The maximum atomic E-state index is 12.4. The number of rotatable bonds is 5. The van der Waals surface area contributed by atoms with Crippen LogP contribution in [0.1, 0.15) is 34.3 Å². The Morgan fingerprint density at radius 1 is 1.11 bits per heavy atom. The van der Waals surface area contributed by atoms with E-state index in [0.717, 1.165) is 29.7 Å². The number of fused-ring (bicyclic) bond motifs is 1. The first-order valence-electron chi connectivity index (χ1n) is 8.66. The van der Waals surface area contributed by atoms with Crippen molar-refractivity contribution >= 4 is 27.5 Å². The molecule has 1 aliphatic heterocycles. The molecule has 8 heteroatoms. The number of nitrogens with two attached hydrogens (primary N) is 1. The third kappa shape index (κ3) is 4.93. The number of sulfonamides is 1. The molecule has 7 nitrogen and oxygen atoms in total. The highest BCUT2D eigenvalue weighted by Gasteiger charge is 2.15. The van der Waals surface area contributed by atoms with Crippen molar-refractivity contribution in [3.8, 4) is 0 Å². The Balaban J connectivity index is 1.58. The van der Waals surface area contributed by atoms with Gasteiger partial charge in [-0.15, -0.1) is 0 Å². The smallest absolute Gasteiger partial charge is 0.251 e. The second kappa shape index (κ2) is 7.89. The van der Waals surface area contributed by atoms with Crippen LogP contribution in [0.25, 0.3) is 0 Å². The van der Waals surface area contributed by atoms with Crippen LogP contribution in [0.4, 0.5) is 5.69 Å². The van der Waals surface area contributed by atoms with E-state index in [1.165, 1.54) is 12.1 Å². The molecule has 0 radical (unpaired) electrons. The van der Waals surface area contributed by atoms with Crippen LogP contribution >= 0.6 is 0 Å². The summed E-state index contributed by atoms with van der Waals surface area (Å²) in [4.78, 5) is 24.0. The number of carbonyl (C=O) groups is 2. The van der Waals surface area contributed by atoms with Crippen LogP contribution in [0.15, 0.2) is 47.4 Å². The van der Waals surface area contributed by atoms with E-state index in [1.807, 2.05) is 6.07 Å². The number of hydrogen-bond acceptors (Lipinski definition) is 4. The fourth-order valence-corrected chi connectivity index (χ4v) is 3.50. The van der Waals surface area contributed by atoms with E-state index in [4.69, 9.17) is 5.14 Å². The molecule has 0 saturated heterocycles. The first-order valence-corrected chi connectivity index (χ1v) is 10.2. The molecule has 2 aromatic carbocycles. The Labute approximate surface area is 158 Å². The Bertz CT molecular complexity index is 969. The lowest BCUT2D eigenvalue weighted by Gasteiger charge is -2.10. The molecule has 2 aromatic rings. The number of hydrogen-bond donors (Lipinski definition) is 3. The third-order valence-electron chi connectivity index (χ3n) is 4.44. The van der Waals surface area contributed by atoms with Crippen molar-refractivity contribution in [3.63, 3.8) is 0 Å². The van der Waals surface area contributed by atoms with E-state index < -0.39 is 10.0 Å². The first-order chi connectivity index (χ1) is 12.8. The quantitative estimate of drug-likeness (QED) is 0.722. The Hall–Kier alpha value is -2.71. The zero-order valence-corrected chi connectivity index (χ0v) is 15.5. The van der Waals surface area contributed by atoms with Gasteiger partial charge in [0, 0.05) is 24.2 Å². The van der Waals surface area contributed by atoms with Gasteiger partial charge in [-0.05, 0) is 60.7 Å². The summed E-state index contributed by atoms with van der Waals surface area (Å²) in [5.41, 5.74) is 3.18. The molecule has 4 N–H and O–H groups in total. The lowest BCUT2D eigenvalue weighted by atomic mass is 10.0. The van der Waals surface area contributed by atoms with Crippen LogP contribution in [-0.4, -0.2) is 26.8 Å². The topological polar surface area (TPSA) is 118 Å². The summed E-state index contributed by atoms with van der Waals surface area (Å²) < 4.78 is 22.5. The van der Waals surface area contributed by atoms with E-state index in [0.29, 0.717) is 24.9 Å². The van der Waals surface area contributed by atoms with Crippen LogP contribution in [0.2, 0.25) is 0 Å². The molecule has 0 atom stereocenters. The second-order valence-electron chi connectivity index (χ2n) is 6.47. The zero-order chi connectivity index (χ0) is 19.4. The summed E-state index contributed by atoms with van der Waals surface area (Å²) in [5.74, 6) is -0.186. The molecular weight excluding hydrogens is 366 g/mol. The molecule has 1 aliphatic rings. The molecule has 27 heavy (non-hydrogen) atoms. The molecule has 0 bridgehead atoms. The number of nitrogens with one attached hydrogen (secondary N) is 2. The largest absolute Gasteiger partial charge is 0.352 e. The van der Waals surface area contributed by atoms with Gasteiger partial charge in [-0.3, -0.25) is 9.59 Å². The van der Waals surface area contributed by atoms with Gasteiger partial charge in [-0.1, -0.05) is 12.1 Å². The second-order valence-corrected chi connectivity index (χ2v) is 8.03. The van der Waals surface area contributed by atoms with Crippen LogP contribution in [0.5, 0.6) is 0 Å². The number of primary sulfonamides is 1. The highest BCUT2D eigenvalue weighted by atomic mass is 32.2. The number of benzene rings is 2. The van der Waals surface area contributed by atoms with Gasteiger partial charge >= 0.3 is 0 Å². The molecule has 2 amide bonds. The number of anilines is 1. The monoisotopic (exact) mass is 387 g/mol.